The Morgan fingerprint density at radius 3 is 2.52 bits per heavy atom. The zero-order chi connectivity index (χ0) is 19.7. The lowest BCUT2D eigenvalue weighted by molar-refractivity contribution is -0.385. The molecular formula is C18H21N3O5S. The number of sulfonamides is 1. The van der Waals surface area contributed by atoms with E-state index in [9.17, 15) is 18.5 Å². The van der Waals surface area contributed by atoms with E-state index >= 15 is 0 Å². The predicted molar refractivity (Wildman–Crippen MR) is 103 cm³/mol. The minimum atomic E-state index is -3.92. The minimum absolute atomic E-state index is 0.151. The molecule has 0 aliphatic carbocycles. The van der Waals surface area contributed by atoms with E-state index in [4.69, 9.17) is 4.74 Å². The average Bonchev–Trinajstić information content (AvgIpc) is 2.62. The van der Waals surface area contributed by atoms with E-state index in [0.29, 0.717) is 18.9 Å². The summed E-state index contributed by atoms with van der Waals surface area (Å²) in [4.78, 5) is 12.3. The Morgan fingerprint density at radius 2 is 1.89 bits per heavy atom. The molecule has 2 aromatic carbocycles. The van der Waals surface area contributed by atoms with Gasteiger partial charge in [-0.3, -0.25) is 14.8 Å². The third-order valence-corrected chi connectivity index (χ3v) is 5.79. The van der Waals surface area contributed by atoms with Gasteiger partial charge in [0.05, 0.1) is 28.6 Å². The van der Waals surface area contributed by atoms with Crippen LogP contribution < -0.4 is 9.62 Å². The Kier molecular flexibility index (Phi) is 5.07. The highest BCUT2D eigenvalue weighted by atomic mass is 32.2. The van der Waals surface area contributed by atoms with Gasteiger partial charge >= 0.3 is 0 Å². The SMILES string of the molecule is CC1(C)COCCN1c1ccc(NS(=O)(=O)c2cccc([N+](=O)[O-])c2)cc1. The van der Waals surface area contributed by atoms with Crippen LogP contribution in [0.15, 0.2) is 53.4 Å². The molecule has 8 nitrogen and oxygen atoms in total. The van der Waals surface area contributed by atoms with Crippen LogP contribution in [0.25, 0.3) is 0 Å². The van der Waals surface area contributed by atoms with Crippen LogP contribution in [0.1, 0.15) is 13.8 Å². The highest BCUT2D eigenvalue weighted by Crippen LogP contribution is 2.28. The Morgan fingerprint density at radius 1 is 1.19 bits per heavy atom. The summed E-state index contributed by atoms with van der Waals surface area (Å²) in [5.74, 6) is 0. The molecule has 1 aliphatic heterocycles. The van der Waals surface area contributed by atoms with Crippen molar-refractivity contribution >= 4 is 27.1 Å². The summed E-state index contributed by atoms with van der Waals surface area (Å²) in [7, 11) is -3.92. The Labute approximate surface area is 158 Å². The number of rotatable bonds is 5. The lowest BCUT2D eigenvalue weighted by atomic mass is 10.0. The van der Waals surface area contributed by atoms with E-state index in [-0.39, 0.29) is 16.1 Å². The monoisotopic (exact) mass is 391 g/mol. The first-order valence-electron chi connectivity index (χ1n) is 8.42. The van der Waals surface area contributed by atoms with Crippen molar-refractivity contribution in [2.45, 2.75) is 24.3 Å². The Bertz CT molecular complexity index is 942. The Balaban J connectivity index is 1.80. The minimum Gasteiger partial charge on any atom is -0.377 e. The molecule has 3 rings (SSSR count). The van der Waals surface area contributed by atoms with Crippen LogP contribution in [0.3, 0.4) is 0 Å². The van der Waals surface area contributed by atoms with Gasteiger partial charge in [0.15, 0.2) is 0 Å². The number of ether oxygens (including phenoxy) is 1. The number of hydrogen-bond donors (Lipinski definition) is 1. The fourth-order valence-electron chi connectivity index (χ4n) is 3.02. The number of non-ortho nitro benzene ring substituents is 1. The van der Waals surface area contributed by atoms with Crippen molar-refractivity contribution < 1.29 is 18.1 Å². The van der Waals surface area contributed by atoms with Crippen LogP contribution >= 0.6 is 0 Å². The molecular weight excluding hydrogens is 370 g/mol. The maximum Gasteiger partial charge on any atom is 0.270 e. The van der Waals surface area contributed by atoms with Gasteiger partial charge in [0.25, 0.3) is 15.7 Å². The van der Waals surface area contributed by atoms with E-state index in [0.717, 1.165) is 18.3 Å². The highest BCUT2D eigenvalue weighted by molar-refractivity contribution is 7.92. The van der Waals surface area contributed by atoms with Gasteiger partial charge in [-0.2, -0.15) is 0 Å². The van der Waals surface area contributed by atoms with E-state index in [2.05, 4.69) is 23.5 Å². The van der Waals surface area contributed by atoms with Crippen molar-refractivity contribution in [3.8, 4) is 0 Å². The van der Waals surface area contributed by atoms with Crippen LogP contribution in [0.2, 0.25) is 0 Å². The summed E-state index contributed by atoms with van der Waals surface area (Å²) in [6, 6.07) is 12.0. The van der Waals surface area contributed by atoms with Crippen molar-refractivity contribution in [1.29, 1.82) is 0 Å². The summed E-state index contributed by atoms with van der Waals surface area (Å²) < 4.78 is 33.0. The number of anilines is 2. The Hall–Kier alpha value is -2.65. The van der Waals surface area contributed by atoms with Gasteiger partial charge in [-0.15, -0.1) is 0 Å². The molecule has 0 unspecified atom stereocenters. The van der Waals surface area contributed by atoms with Crippen LogP contribution in [0, 0.1) is 10.1 Å². The van der Waals surface area contributed by atoms with Crippen molar-refractivity contribution in [2.75, 3.05) is 29.4 Å². The van der Waals surface area contributed by atoms with Gasteiger partial charge in [0, 0.05) is 30.1 Å². The first kappa shape index (κ1) is 19.1. The predicted octanol–water partition coefficient (Wildman–Crippen LogP) is 3.01. The molecule has 1 heterocycles. The number of nitro groups is 1. The smallest absolute Gasteiger partial charge is 0.270 e. The van der Waals surface area contributed by atoms with Crippen LogP contribution in [0.5, 0.6) is 0 Å². The first-order valence-corrected chi connectivity index (χ1v) is 9.90. The summed E-state index contributed by atoms with van der Waals surface area (Å²) in [5.41, 5.74) is 0.933. The third kappa shape index (κ3) is 4.20. The fraction of sp³-hybridized carbons (Fsp3) is 0.333. The zero-order valence-electron chi connectivity index (χ0n) is 15.1. The number of hydrogen-bond acceptors (Lipinski definition) is 6. The molecule has 0 radical (unpaired) electrons. The first-order chi connectivity index (χ1) is 12.7. The molecule has 0 spiro atoms. The number of nitrogens with one attached hydrogen (secondary N) is 1. The maximum absolute atomic E-state index is 12.5. The molecule has 1 fully saturated rings. The molecule has 0 amide bonds. The molecule has 0 atom stereocenters. The average molecular weight is 391 g/mol. The van der Waals surface area contributed by atoms with Gasteiger partial charge in [-0.1, -0.05) is 6.07 Å². The lowest BCUT2D eigenvalue weighted by Crippen LogP contribution is -2.53. The van der Waals surface area contributed by atoms with E-state index in [1.807, 2.05) is 12.1 Å². The second kappa shape index (κ2) is 7.16. The normalized spacial score (nSPS) is 16.7. The number of nitro benzene ring substituents is 1. The van der Waals surface area contributed by atoms with E-state index in [1.54, 1.807) is 12.1 Å². The molecule has 0 bridgehead atoms. The van der Waals surface area contributed by atoms with Gasteiger partial charge in [-0.25, -0.2) is 8.42 Å². The van der Waals surface area contributed by atoms with Gasteiger partial charge < -0.3 is 9.64 Å². The standard InChI is InChI=1S/C18H21N3O5S/c1-18(2)13-26-11-10-20(18)15-8-6-14(7-9-15)19-27(24,25)17-5-3-4-16(12-17)21(22)23/h3-9,12,19H,10-11,13H2,1-2H3. The second-order valence-electron chi connectivity index (χ2n) is 6.92. The third-order valence-electron chi connectivity index (χ3n) is 4.42. The maximum atomic E-state index is 12.5. The van der Waals surface area contributed by atoms with Crippen molar-refractivity contribution in [2.24, 2.45) is 0 Å². The highest BCUT2D eigenvalue weighted by Gasteiger charge is 2.30. The molecule has 1 N–H and O–H groups in total. The molecule has 27 heavy (non-hydrogen) atoms. The fourth-order valence-corrected chi connectivity index (χ4v) is 4.12. The molecule has 9 heteroatoms. The second-order valence-corrected chi connectivity index (χ2v) is 8.61. The van der Waals surface area contributed by atoms with Crippen LogP contribution in [-0.2, 0) is 14.8 Å². The molecule has 1 saturated heterocycles. The summed E-state index contributed by atoms with van der Waals surface area (Å²) >= 11 is 0. The number of nitrogens with zero attached hydrogens (tertiary/aromatic N) is 2. The molecule has 0 saturated carbocycles. The number of benzene rings is 2. The zero-order valence-corrected chi connectivity index (χ0v) is 15.9. The molecule has 144 valence electrons. The summed E-state index contributed by atoms with van der Waals surface area (Å²) in [5, 5.41) is 10.9. The molecule has 1 aliphatic rings. The quantitative estimate of drug-likeness (QED) is 0.621. The van der Waals surface area contributed by atoms with Gasteiger partial charge in [0.1, 0.15) is 0 Å². The summed E-state index contributed by atoms with van der Waals surface area (Å²) in [6.45, 7) is 6.20. The lowest BCUT2D eigenvalue weighted by Gasteiger charge is -2.43. The van der Waals surface area contributed by atoms with Gasteiger partial charge in [0.2, 0.25) is 0 Å². The summed E-state index contributed by atoms with van der Waals surface area (Å²) in [6.07, 6.45) is 0. The van der Waals surface area contributed by atoms with Crippen molar-refractivity contribution in [3.05, 3.63) is 58.6 Å². The van der Waals surface area contributed by atoms with E-state index in [1.165, 1.54) is 18.2 Å². The van der Waals surface area contributed by atoms with Crippen LogP contribution in [0.4, 0.5) is 17.1 Å². The largest absolute Gasteiger partial charge is 0.377 e. The topological polar surface area (TPSA) is 102 Å². The van der Waals surface area contributed by atoms with Crippen molar-refractivity contribution in [1.82, 2.24) is 0 Å². The van der Waals surface area contributed by atoms with E-state index < -0.39 is 14.9 Å². The molecule has 0 aromatic heterocycles. The number of morpholine rings is 1. The molecule has 2 aromatic rings. The van der Waals surface area contributed by atoms with Crippen LogP contribution in [-0.4, -0.2) is 38.6 Å². The van der Waals surface area contributed by atoms with Crippen molar-refractivity contribution in [3.63, 3.8) is 0 Å². The van der Waals surface area contributed by atoms with Gasteiger partial charge in [-0.05, 0) is 44.2 Å².